The molecule has 1 fully saturated rings. The molecule has 0 atom stereocenters. The highest BCUT2D eigenvalue weighted by Crippen LogP contribution is 2.13. The number of nitrogens with zero attached hydrogens (tertiary/aromatic N) is 3. The number of amides is 1. The number of guanidine groups is 1. The van der Waals surface area contributed by atoms with E-state index in [0.717, 1.165) is 18.2 Å². The van der Waals surface area contributed by atoms with Crippen LogP contribution in [0.2, 0.25) is 0 Å². The van der Waals surface area contributed by atoms with Gasteiger partial charge in [-0.25, -0.2) is 18.6 Å². The first-order valence-corrected chi connectivity index (χ1v) is 8.12. The van der Waals surface area contributed by atoms with Crippen molar-refractivity contribution in [3.05, 3.63) is 35.4 Å². The second-order valence-corrected chi connectivity index (χ2v) is 6.86. The van der Waals surface area contributed by atoms with Crippen LogP contribution in [-0.4, -0.2) is 53.6 Å². The molecule has 1 aromatic carbocycles. The Hall–Kier alpha value is -1.65. The second-order valence-electron chi connectivity index (χ2n) is 6.86. The molecule has 1 heterocycles. The SMILES string of the molecule is CC(C)(C)OC(=O)N1CCN(C(N)=NCc2cc(F)ccc2F)CC1.I. The van der Waals surface area contributed by atoms with Crippen molar-refractivity contribution in [1.29, 1.82) is 0 Å². The molecule has 1 aliphatic heterocycles. The average molecular weight is 482 g/mol. The minimum absolute atomic E-state index is 0. The predicted octanol–water partition coefficient (Wildman–Crippen LogP) is 2.95. The fraction of sp³-hybridized carbons (Fsp3) is 0.529. The largest absolute Gasteiger partial charge is 0.444 e. The van der Waals surface area contributed by atoms with Crippen molar-refractivity contribution in [2.24, 2.45) is 10.7 Å². The van der Waals surface area contributed by atoms with Gasteiger partial charge in [-0.3, -0.25) is 0 Å². The van der Waals surface area contributed by atoms with Gasteiger partial charge in [0.2, 0.25) is 0 Å². The van der Waals surface area contributed by atoms with Crippen LogP contribution in [0.15, 0.2) is 23.2 Å². The molecule has 0 radical (unpaired) electrons. The fourth-order valence-electron chi connectivity index (χ4n) is 2.38. The molecule has 6 nitrogen and oxygen atoms in total. The third-order valence-electron chi connectivity index (χ3n) is 3.67. The average Bonchev–Trinajstić information content (AvgIpc) is 2.54. The quantitative estimate of drug-likeness (QED) is 0.400. The molecular weight excluding hydrogens is 457 g/mol. The van der Waals surface area contributed by atoms with Crippen molar-refractivity contribution in [1.82, 2.24) is 9.80 Å². The van der Waals surface area contributed by atoms with E-state index in [1.165, 1.54) is 0 Å². The highest BCUT2D eigenvalue weighted by molar-refractivity contribution is 14.0. The van der Waals surface area contributed by atoms with E-state index in [2.05, 4.69) is 4.99 Å². The number of hydrogen-bond donors (Lipinski definition) is 1. The summed E-state index contributed by atoms with van der Waals surface area (Å²) in [6, 6.07) is 3.23. The molecule has 1 saturated heterocycles. The number of piperazine rings is 1. The van der Waals surface area contributed by atoms with Gasteiger partial charge in [0.1, 0.15) is 17.2 Å². The lowest BCUT2D eigenvalue weighted by Crippen LogP contribution is -2.53. The summed E-state index contributed by atoms with van der Waals surface area (Å²) < 4.78 is 32.1. The molecular formula is C17H25F2IN4O2. The van der Waals surface area contributed by atoms with Gasteiger partial charge in [-0.15, -0.1) is 24.0 Å². The van der Waals surface area contributed by atoms with E-state index in [1.807, 2.05) is 20.8 Å². The predicted molar refractivity (Wildman–Crippen MR) is 106 cm³/mol. The van der Waals surface area contributed by atoms with Gasteiger partial charge in [-0.05, 0) is 39.0 Å². The zero-order valence-electron chi connectivity index (χ0n) is 15.2. The number of nitrogens with two attached hydrogens (primary N) is 1. The maximum Gasteiger partial charge on any atom is 0.410 e. The maximum absolute atomic E-state index is 13.6. The number of rotatable bonds is 2. The smallest absolute Gasteiger partial charge is 0.410 e. The zero-order valence-corrected chi connectivity index (χ0v) is 17.5. The highest BCUT2D eigenvalue weighted by atomic mass is 127. The van der Waals surface area contributed by atoms with Crippen LogP contribution in [0.25, 0.3) is 0 Å². The monoisotopic (exact) mass is 482 g/mol. The Bertz CT molecular complexity index is 657. The molecule has 0 saturated carbocycles. The fourth-order valence-corrected chi connectivity index (χ4v) is 2.38. The van der Waals surface area contributed by atoms with Crippen molar-refractivity contribution < 1.29 is 18.3 Å². The van der Waals surface area contributed by atoms with Gasteiger partial charge in [0.15, 0.2) is 5.96 Å². The Balaban J connectivity index is 0.00000338. The number of ether oxygens (including phenoxy) is 1. The first-order chi connectivity index (χ1) is 11.7. The molecule has 0 bridgehead atoms. The topological polar surface area (TPSA) is 71.2 Å². The van der Waals surface area contributed by atoms with Crippen LogP contribution in [0, 0.1) is 11.6 Å². The molecule has 0 unspecified atom stereocenters. The number of aliphatic imine (C=N–C) groups is 1. The summed E-state index contributed by atoms with van der Waals surface area (Å²) >= 11 is 0. The number of hydrogen-bond acceptors (Lipinski definition) is 3. The molecule has 1 aromatic rings. The minimum Gasteiger partial charge on any atom is -0.444 e. The van der Waals surface area contributed by atoms with Crippen LogP contribution in [0.3, 0.4) is 0 Å². The van der Waals surface area contributed by atoms with Gasteiger partial charge < -0.3 is 20.3 Å². The Morgan fingerprint density at radius 1 is 1.19 bits per heavy atom. The highest BCUT2D eigenvalue weighted by Gasteiger charge is 2.26. The molecule has 1 aliphatic rings. The summed E-state index contributed by atoms with van der Waals surface area (Å²) in [5, 5.41) is 0. The lowest BCUT2D eigenvalue weighted by Gasteiger charge is -2.36. The normalized spacial score (nSPS) is 15.5. The third kappa shape index (κ3) is 6.58. The Morgan fingerprint density at radius 3 is 2.35 bits per heavy atom. The molecule has 146 valence electrons. The number of benzene rings is 1. The van der Waals surface area contributed by atoms with Crippen molar-refractivity contribution in [2.45, 2.75) is 32.9 Å². The molecule has 26 heavy (non-hydrogen) atoms. The van der Waals surface area contributed by atoms with E-state index in [1.54, 1.807) is 9.80 Å². The van der Waals surface area contributed by atoms with Gasteiger partial charge in [0.25, 0.3) is 0 Å². The maximum atomic E-state index is 13.6. The van der Waals surface area contributed by atoms with E-state index in [9.17, 15) is 13.6 Å². The lowest BCUT2D eigenvalue weighted by atomic mass is 10.2. The van der Waals surface area contributed by atoms with Gasteiger partial charge in [0.05, 0.1) is 6.54 Å². The number of carbonyl (C=O) groups excluding carboxylic acids is 1. The molecule has 9 heteroatoms. The van der Waals surface area contributed by atoms with Gasteiger partial charge in [-0.2, -0.15) is 0 Å². The summed E-state index contributed by atoms with van der Waals surface area (Å²) in [7, 11) is 0. The molecule has 1 amide bonds. The van der Waals surface area contributed by atoms with Crippen LogP contribution >= 0.6 is 24.0 Å². The summed E-state index contributed by atoms with van der Waals surface area (Å²) in [6.45, 7) is 7.33. The van der Waals surface area contributed by atoms with Crippen molar-refractivity contribution in [2.75, 3.05) is 26.2 Å². The van der Waals surface area contributed by atoms with E-state index >= 15 is 0 Å². The molecule has 0 aliphatic carbocycles. The third-order valence-corrected chi connectivity index (χ3v) is 3.67. The van der Waals surface area contributed by atoms with E-state index < -0.39 is 17.2 Å². The molecule has 0 aromatic heterocycles. The van der Waals surface area contributed by atoms with Crippen LogP contribution in [0.1, 0.15) is 26.3 Å². The van der Waals surface area contributed by atoms with Gasteiger partial charge in [0, 0.05) is 31.7 Å². The summed E-state index contributed by atoms with van der Waals surface area (Å²) in [4.78, 5) is 19.6. The molecule has 2 rings (SSSR count). The standard InChI is InChI=1S/C17H24F2N4O2.HI/c1-17(2,3)25-16(24)23-8-6-22(7-9-23)15(20)21-11-12-10-13(18)4-5-14(12)19;/h4-5,10H,6-9,11H2,1-3H3,(H2,20,21);1H. The van der Waals surface area contributed by atoms with Crippen molar-refractivity contribution in [3.8, 4) is 0 Å². The lowest BCUT2D eigenvalue weighted by molar-refractivity contribution is 0.0186. The summed E-state index contributed by atoms with van der Waals surface area (Å²) in [6.07, 6.45) is -0.357. The molecule has 0 spiro atoms. The van der Waals surface area contributed by atoms with E-state index in [0.29, 0.717) is 26.2 Å². The summed E-state index contributed by atoms with van der Waals surface area (Å²) in [5.74, 6) is -0.795. The van der Waals surface area contributed by atoms with Crippen LogP contribution in [0.4, 0.5) is 13.6 Å². The van der Waals surface area contributed by atoms with Crippen LogP contribution in [-0.2, 0) is 11.3 Å². The first kappa shape index (κ1) is 22.4. The van der Waals surface area contributed by atoms with Crippen LogP contribution in [0.5, 0.6) is 0 Å². The van der Waals surface area contributed by atoms with Gasteiger partial charge in [-0.1, -0.05) is 0 Å². The van der Waals surface area contributed by atoms with E-state index in [-0.39, 0.29) is 48.1 Å². The Kier molecular flexibility index (Phi) is 8.04. The first-order valence-electron chi connectivity index (χ1n) is 8.12. The minimum atomic E-state index is -0.538. The molecule has 2 N–H and O–H groups in total. The Labute approximate surface area is 169 Å². The Morgan fingerprint density at radius 2 is 1.77 bits per heavy atom. The van der Waals surface area contributed by atoms with Crippen molar-refractivity contribution in [3.63, 3.8) is 0 Å². The van der Waals surface area contributed by atoms with E-state index in [4.69, 9.17) is 10.5 Å². The number of halogens is 3. The van der Waals surface area contributed by atoms with Crippen LogP contribution < -0.4 is 5.73 Å². The number of carbonyl (C=O) groups is 1. The van der Waals surface area contributed by atoms with Gasteiger partial charge >= 0.3 is 6.09 Å². The van der Waals surface area contributed by atoms with Crippen molar-refractivity contribution >= 4 is 36.0 Å². The zero-order chi connectivity index (χ0) is 18.6. The second kappa shape index (κ2) is 9.33. The summed E-state index contributed by atoms with van der Waals surface area (Å²) in [5.41, 5.74) is 5.54.